The largest absolute Gasteiger partial charge is 0.368 e. The Morgan fingerprint density at radius 2 is 1.95 bits per heavy atom. The van der Waals surface area contributed by atoms with Gasteiger partial charge < -0.3 is 10.2 Å². The van der Waals surface area contributed by atoms with E-state index in [9.17, 15) is 0 Å². The third-order valence-electron chi connectivity index (χ3n) is 3.92. The van der Waals surface area contributed by atoms with E-state index in [-0.39, 0.29) is 5.54 Å². The van der Waals surface area contributed by atoms with Gasteiger partial charge >= 0.3 is 0 Å². The molecule has 1 aromatic rings. The monoisotopic (exact) mass is 352 g/mol. The molecule has 2 nitrogen and oxygen atoms in total. The van der Waals surface area contributed by atoms with E-state index in [1.54, 1.807) is 0 Å². The molecule has 0 aliphatic heterocycles. The molecule has 0 heterocycles. The van der Waals surface area contributed by atoms with Gasteiger partial charge in [0.2, 0.25) is 0 Å². The van der Waals surface area contributed by atoms with Gasteiger partial charge in [-0.25, -0.2) is 0 Å². The minimum Gasteiger partial charge on any atom is -0.368 e. The quantitative estimate of drug-likeness (QED) is 0.777. The van der Waals surface area contributed by atoms with E-state index < -0.39 is 0 Å². The maximum Gasteiger partial charge on any atom is 0.0513 e. The minimum atomic E-state index is 0.154. The Morgan fingerprint density at radius 1 is 1.29 bits per heavy atom. The summed E-state index contributed by atoms with van der Waals surface area (Å²) in [5.41, 5.74) is 2.81. The average molecular weight is 353 g/mol. The van der Waals surface area contributed by atoms with E-state index in [0.29, 0.717) is 6.04 Å². The number of rotatable bonds is 6. The van der Waals surface area contributed by atoms with Gasteiger partial charge in [-0.15, -0.1) is 0 Å². The van der Waals surface area contributed by atoms with E-state index in [1.807, 2.05) is 0 Å². The van der Waals surface area contributed by atoms with Gasteiger partial charge in [-0.1, -0.05) is 6.07 Å². The highest BCUT2D eigenvalue weighted by atomic mass is 79.9. The van der Waals surface area contributed by atoms with Crippen molar-refractivity contribution in [2.24, 2.45) is 5.92 Å². The molecule has 1 saturated carbocycles. The third kappa shape index (κ3) is 5.30. The molecule has 1 aliphatic carbocycles. The molecule has 0 atom stereocenters. The summed E-state index contributed by atoms with van der Waals surface area (Å²) in [6.45, 7) is 13.3. The summed E-state index contributed by atoms with van der Waals surface area (Å²) in [7, 11) is 0. The zero-order valence-electron chi connectivity index (χ0n) is 14.0. The van der Waals surface area contributed by atoms with E-state index in [1.165, 1.54) is 35.1 Å². The van der Waals surface area contributed by atoms with Crippen LogP contribution in [0.3, 0.4) is 0 Å². The predicted octanol–water partition coefficient (Wildman–Crippen LogP) is 4.96. The number of nitrogens with zero attached hydrogens (tertiary/aromatic N) is 1. The molecule has 118 valence electrons. The van der Waals surface area contributed by atoms with Crippen molar-refractivity contribution in [3.63, 3.8) is 0 Å². The summed E-state index contributed by atoms with van der Waals surface area (Å²) >= 11 is 3.78. The summed E-state index contributed by atoms with van der Waals surface area (Å²) in [4.78, 5) is 2.53. The van der Waals surface area contributed by atoms with Crippen molar-refractivity contribution in [1.82, 2.24) is 5.32 Å². The molecule has 0 radical (unpaired) electrons. The Labute approximate surface area is 138 Å². The second-order valence-corrected chi connectivity index (χ2v) is 8.43. The van der Waals surface area contributed by atoms with Crippen LogP contribution in [0.1, 0.15) is 53.0 Å². The van der Waals surface area contributed by atoms with Crippen LogP contribution in [0.15, 0.2) is 22.7 Å². The standard InChI is InChI=1S/C18H29BrN2/c1-13(2)21(12-14-6-7-14)17-9-8-15(10-16(17)19)11-20-18(3,4)5/h8-10,13-14,20H,6-7,11-12H2,1-5H3. The highest BCUT2D eigenvalue weighted by molar-refractivity contribution is 9.10. The van der Waals surface area contributed by atoms with Crippen LogP contribution in [-0.2, 0) is 6.54 Å². The number of hydrogen-bond donors (Lipinski definition) is 1. The number of anilines is 1. The van der Waals surface area contributed by atoms with Crippen molar-refractivity contribution in [2.75, 3.05) is 11.4 Å². The van der Waals surface area contributed by atoms with Crippen molar-refractivity contribution in [1.29, 1.82) is 0 Å². The van der Waals surface area contributed by atoms with Crippen LogP contribution < -0.4 is 10.2 Å². The average Bonchev–Trinajstić information content (AvgIpc) is 3.17. The number of hydrogen-bond acceptors (Lipinski definition) is 2. The lowest BCUT2D eigenvalue weighted by Crippen LogP contribution is -2.35. The Balaban J connectivity index is 2.09. The lowest BCUT2D eigenvalue weighted by molar-refractivity contribution is 0.424. The van der Waals surface area contributed by atoms with Gasteiger partial charge in [0.15, 0.2) is 0 Å². The number of halogens is 1. The van der Waals surface area contributed by atoms with Crippen LogP contribution >= 0.6 is 15.9 Å². The van der Waals surface area contributed by atoms with Crippen molar-refractivity contribution < 1.29 is 0 Å². The van der Waals surface area contributed by atoms with Crippen LogP contribution in [0.25, 0.3) is 0 Å². The number of nitrogens with one attached hydrogen (secondary N) is 1. The Bertz CT molecular complexity index is 473. The highest BCUT2D eigenvalue weighted by Crippen LogP contribution is 2.35. The van der Waals surface area contributed by atoms with Crippen molar-refractivity contribution in [3.8, 4) is 0 Å². The van der Waals surface area contributed by atoms with Crippen LogP contribution in [0, 0.1) is 5.92 Å². The molecule has 0 unspecified atom stereocenters. The number of benzene rings is 1. The van der Waals surface area contributed by atoms with E-state index in [0.717, 1.165) is 12.5 Å². The van der Waals surface area contributed by atoms with E-state index >= 15 is 0 Å². The zero-order chi connectivity index (χ0) is 15.6. The first-order valence-corrected chi connectivity index (χ1v) is 8.85. The molecule has 0 spiro atoms. The molecule has 3 heteroatoms. The molecule has 0 saturated heterocycles. The smallest absolute Gasteiger partial charge is 0.0513 e. The highest BCUT2D eigenvalue weighted by Gasteiger charge is 2.26. The Kier molecular flexibility index (Phi) is 5.37. The van der Waals surface area contributed by atoms with Gasteiger partial charge in [-0.05, 0) is 87.0 Å². The van der Waals surface area contributed by atoms with Gasteiger partial charge in [0, 0.05) is 29.1 Å². The molecule has 0 bridgehead atoms. The summed E-state index contributed by atoms with van der Waals surface area (Å²) in [6, 6.07) is 7.32. The molecule has 0 amide bonds. The van der Waals surface area contributed by atoms with E-state index in [4.69, 9.17) is 0 Å². The predicted molar refractivity (Wildman–Crippen MR) is 95.9 cm³/mol. The van der Waals surface area contributed by atoms with Crippen molar-refractivity contribution in [2.45, 2.75) is 65.6 Å². The molecule has 0 aromatic heterocycles. The topological polar surface area (TPSA) is 15.3 Å². The third-order valence-corrected chi connectivity index (χ3v) is 4.55. The van der Waals surface area contributed by atoms with Gasteiger partial charge in [0.25, 0.3) is 0 Å². The summed E-state index contributed by atoms with van der Waals surface area (Å²) in [6.07, 6.45) is 2.79. The minimum absolute atomic E-state index is 0.154. The Morgan fingerprint density at radius 3 is 2.43 bits per heavy atom. The molecular formula is C18H29BrN2. The SMILES string of the molecule is CC(C)N(CC1CC1)c1ccc(CNC(C)(C)C)cc1Br. The molecule has 1 N–H and O–H groups in total. The summed E-state index contributed by atoms with van der Waals surface area (Å²) in [5, 5.41) is 3.54. The van der Waals surface area contributed by atoms with Gasteiger partial charge in [-0.2, -0.15) is 0 Å². The molecular weight excluding hydrogens is 324 g/mol. The van der Waals surface area contributed by atoms with Crippen LogP contribution in [0.5, 0.6) is 0 Å². The molecule has 1 aromatic carbocycles. The summed E-state index contributed by atoms with van der Waals surface area (Å²) < 4.78 is 1.21. The van der Waals surface area contributed by atoms with Crippen molar-refractivity contribution in [3.05, 3.63) is 28.2 Å². The lowest BCUT2D eigenvalue weighted by Gasteiger charge is -2.30. The fourth-order valence-corrected chi connectivity index (χ4v) is 3.08. The fraction of sp³-hybridized carbons (Fsp3) is 0.667. The second-order valence-electron chi connectivity index (χ2n) is 7.58. The lowest BCUT2D eigenvalue weighted by atomic mass is 10.1. The second kappa shape index (κ2) is 6.70. The molecule has 2 rings (SSSR count). The van der Waals surface area contributed by atoms with Gasteiger partial charge in [0.1, 0.15) is 0 Å². The molecule has 21 heavy (non-hydrogen) atoms. The van der Waals surface area contributed by atoms with Crippen LogP contribution in [0.4, 0.5) is 5.69 Å². The molecule has 1 fully saturated rings. The summed E-state index contributed by atoms with van der Waals surface area (Å²) in [5.74, 6) is 0.904. The van der Waals surface area contributed by atoms with E-state index in [2.05, 4.69) is 79.0 Å². The van der Waals surface area contributed by atoms with Crippen LogP contribution in [-0.4, -0.2) is 18.1 Å². The normalized spacial score (nSPS) is 15.6. The first-order chi connectivity index (χ1) is 9.76. The first-order valence-electron chi connectivity index (χ1n) is 8.06. The maximum absolute atomic E-state index is 3.78. The molecule has 1 aliphatic rings. The van der Waals surface area contributed by atoms with Gasteiger partial charge in [0.05, 0.1) is 5.69 Å². The fourth-order valence-electron chi connectivity index (χ4n) is 2.43. The van der Waals surface area contributed by atoms with Crippen LogP contribution in [0.2, 0.25) is 0 Å². The first kappa shape index (κ1) is 16.8. The maximum atomic E-state index is 3.78. The van der Waals surface area contributed by atoms with Crippen molar-refractivity contribution >= 4 is 21.6 Å². The Hall–Kier alpha value is -0.540. The van der Waals surface area contributed by atoms with Gasteiger partial charge in [-0.3, -0.25) is 0 Å². The zero-order valence-corrected chi connectivity index (χ0v) is 15.6.